The molecule has 0 bridgehead atoms. The van der Waals surface area contributed by atoms with Gasteiger partial charge in [-0.1, -0.05) is 25.5 Å². The van der Waals surface area contributed by atoms with E-state index >= 15 is 0 Å². The predicted octanol–water partition coefficient (Wildman–Crippen LogP) is 2.43. The van der Waals surface area contributed by atoms with Crippen LogP contribution in [-0.4, -0.2) is 55.3 Å². The summed E-state index contributed by atoms with van der Waals surface area (Å²) in [6.07, 6.45) is 3.25. The van der Waals surface area contributed by atoms with E-state index in [0.29, 0.717) is 19.6 Å². The van der Waals surface area contributed by atoms with Crippen molar-refractivity contribution in [1.29, 1.82) is 0 Å². The van der Waals surface area contributed by atoms with Gasteiger partial charge in [0, 0.05) is 18.7 Å². The van der Waals surface area contributed by atoms with Gasteiger partial charge in [-0.05, 0) is 31.0 Å². The van der Waals surface area contributed by atoms with Crippen LogP contribution in [0.25, 0.3) is 0 Å². The van der Waals surface area contributed by atoms with E-state index in [4.69, 9.17) is 4.74 Å². The number of esters is 1. The number of ether oxygens (including phenoxy) is 1. The molecule has 1 unspecified atom stereocenters. The van der Waals surface area contributed by atoms with E-state index in [1.807, 2.05) is 4.90 Å². The zero-order valence-corrected chi connectivity index (χ0v) is 17.7. The normalized spacial score (nSPS) is 17.5. The van der Waals surface area contributed by atoms with Gasteiger partial charge in [-0.15, -0.1) is 11.8 Å². The first kappa shape index (κ1) is 22.7. The number of amides is 1. The van der Waals surface area contributed by atoms with Gasteiger partial charge in [0.15, 0.2) is 6.54 Å². The third-order valence-electron chi connectivity index (χ3n) is 4.87. The number of hydrogen-bond acceptors (Lipinski definition) is 4. The first-order valence-corrected chi connectivity index (χ1v) is 11.3. The Morgan fingerprint density at radius 1 is 1.21 bits per heavy atom. The summed E-state index contributed by atoms with van der Waals surface area (Å²) in [5, 5.41) is -0.0416. The Balaban J connectivity index is 1.92. The van der Waals surface area contributed by atoms with Crippen LogP contribution in [0.1, 0.15) is 50.5 Å². The number of thioether (sulfide) groups is 1. The van der Waals surface area contributed by atoms with E-state index in [1.165, 1.54) is 17.0 Å². The lowest BCUT2D eigenvalue weighted by Crippen LogP contribution is -3.13. The van der Waals surface area contributed by atoms with Crippen LogP contribution in [0, 0.1) is 5.82 Å². The van der Waals surface area contributed by atoms with Crippen LogP contribution in [0.2, 0.25) is 0 Å². The molecule has 1 amide bonds. The van der Waals surface area contributed by atoms with Crippen LogP contribution in [0.5, 0.6) is 0 Å². The molecule has 2 atom stereocenters. The molecule has 0 aromatic heterocycles. The van der Waals surface area contributed by atoms with Crippen molar-refractivity contribution in [2.24, 2.45) is 0 Å². The second kappa shape index (κ2) is 12.1. The number of benzene rings is 1. The average molecular weight is 412 g/mol. The Morgan fingerprint density at radius 3 is 2.61 bits per heavy atom. The van der Waals surface area contributed by atoms with E-state index in [1.54, 1.807) is 30.8 Å². The molecular weight excluding hydrogens is 379 g/mol. The largest absolute Gasteiger partial charge is 0.466 e. The van der Waals surface area contributed by atoms with Gasteiger partial charge in [0.2, 0.25) is 0 Å². The summed E-state index contributed by atoms with van der Waals surface area (Å²) < 4.78 is 18.2. The fraction of sp³-hybridized carbons (Fsp3) is 0.619. The summed E-state index contributed by atoms with van der Waals surface area (Å²) in [7, 11) is 0. The van der Waals surface area contributed by atoms with Crippen LogP contribution < -0.4 is 4.90 Å². The van der Waals surface area contributed by atoms with Crippen LogP contribution in [0.15, 0.2) is 24.3 Å². The van der Waals surface area contributed by atoms with E-state index in [9.17, 15) is 14.0 Å². The smallest absolute Gasteiger partial charge is 0.305 e. The van der Waals surface area contributed by atoms with Gasteiger partial charge in [-0.25, -0.2) is 4.39 Å². The number of hydrogen-bond donors (Lipinski definition) is 1. The number of unbranched alkanes of at least 4 members (excludes halogenated alkanes) is 1. The molecule has 7 heteroatoms. The van der Waals surface area contributed by atoms with E-state index in [2.05, 4.69) is 6.92 Å². The summed E-state index contributed by atoms with van der Waals surface area (Å²) in [6.45, 7) is 7.21. The van der Waals surface area contributed by atoms with Gasteiger partial charge < -0.3 is 14.5 Å². The number of quaternary nitrogens is 1. The third-order valence-corrected chi connectivity index (χ3v) is 6.13. The fourth-order valence-corrected chi connectivity index (χ4v) is 4.67. The van der Waals surface area contributed by atoms with Crippen LogP contribution in [0.4, 0.5) is 4.39 Å². The molecule has 1 aliphatic rings. The quantitative estimate of drug-likeness (QED) is 0.568. The molecule has 1 aromatic rings. The number of halogens is 1. The Morgan fingerprint density at radius 2 is 1.93 bits per heavy atom. The fourth-order valence-electron chi connectivity index (χ4n) is 3.39. The van der Waals surface area contributed by atoms with E-state index in [-0.39, 0.29) is 23.1 Å². The number of nitrogens with zero attached hydrogens (tertiary/aromatic N) is 1. The van der Waals surface area contributed by atoms with Crippen molar-refractivity contribution in [3.63, 3.8) is 0 Å². The molecule has 0 aliphatic carbocycles. The summed E-state index contributed by atoms with van der Waals surface area (Å²) in [5.41, 5.74) is 0.967. The first-order chi connectivity index (χ1) is 13.5. The number of carbonyl (C=O) groups excluding carboxylic acids is 2. The Hall–Kier alpha value is -1.60. The van der Waals surface area contributed by atoms with Crippen molar-refractivity contribution in [2.45, 2.75) is 44.9 Å². The Kier molecular flexibility index (Phi) is 9.78. The maximum atomic E-state index is 13.2. The molecule has 0 saturated carbocycles. The lowest BCUT2D eigenvalue weighted by Gasteiger charge is -2.26. The zero-order chi connectivity index (χ0) is 20.4. The van der Waals surface area contributed by atoms with Crippen LogP contribution >= 0.6 is 11.8 Å². The monoisotopic (exact) mass is 411 g/mol. The molecule has 0 radical (unpaired) electrons. The molecule has 2 rings (SSSR count). The Bertz CT molecular complexity index is 627. The van der Waals surface area contributed by atoms with Crippen molar-refractivity contribution in [3.8, 4) is 0 Å². The van der Waals surface area contributed by atoms with E-state index in [0.717, 1.165) is 50.2 Å². The summed E-state index contributed by atoms with van der Waals surface area (Å²) in [5.74, 6) is 0.583. The van der Waals surface area contributed by atoms with E-state index < -0.39 is 0 Å². The first-order valence-electron chi connectivity index (χ1n) is 10.2. The minimum Gasteiger partial charge on any atom is -0.466 e. The summed E-state index contributed by atoms with van der Waals surface area (Å²) in [6, 6.07) is 6.43. The van der Waals surface area contributed by atoms with Crippen molar-refractivity contribution in [1.82, 2.24) is 4.90 Å². The molecule has 5 nitrogen and oxygen atoms in total. The predicted molar refractivity (Wildman–Crippen MR) is 110 cm³/mol. The third kappa shape index (κ3) is 7.09. The highest BCUT2D eigenvalue weighted by molar-refractivity contribution is 7.99. The maximum absolute atomic E-state index is 13.2. The van der Waals surface area contributed by atoms with Gasteiger partial charge in [-0.2, -0.15) is 0 Å². The molecular formula is C21H32FN2O3S+. The van der Waals surface area contributed by atoms with Crippen LogP contribution in [-0.2, 0) is 14.3 Å². The maximum Gasteiger partial charge on any atom is 0.305 e. The number of rotatable bonds is 11. The minimum atomic E-state index is -0.263. The molecule has 1 aliphatic heterocycles. The number of carbonyl (C=O) groups is 2. The highest BCUT2D eigenvalue weighted by Crippen LogP contribution is 2.37. The standard InChI is InChI=1S/C21H31FN2O3S/c1-3-5-12-23(13-6-7-20(26)27-4-2)16-19(25)24-14-15-28-21(24)17-8-10-18(22)11-9-17/h8-11,21H,3-7,12-16H2,1-2H3/p+1/t21-/m0/s1. The van der Waals surface area contributed by atoms with Gasteiger partial charge in [0.05, 0.1) is 26.1 Å². The molecule has 1 aromatic carbocycles. The molecule has 1 heterocycles. The van der Waals surface area contributed by atoms with Gasteiger partial charge in [0.25, 0.3) is 5.91 Å². The van der Waals surface area contributed by atoms with Gasteiger partial charge >= 0.3 is 5.97 Å². The lowest BCUT2D eigenvalue weighted by atomic mass is 10.2. The molecule has 1 fully saturated rings. The highest BCUT2D eigenvalue weighted by Gasteiger charge is 2.32. The lowest BCUT2D eigenvalue weighted by molar-refractivity contribution is -0.892. The average Bonchev–Trinajstić information content (AvgIpc) is 3.16. The molecule has 1 saturated heterocycles. The van der Waals surface area contributed by atoms with Gasteiger partial charge in [-0.3, -0.25) is 9.59 Å². The molecule has 0 spiro atoms. The Labute approximate surface area is 171 Å². The topological polar surface area (TPSA) is 51.1 Å². The summed E-state index contributed by atoms with van der Waals surface area (Å²) in [4.78, 5) is 27.7. The minimum absolute atomic E-state index is 0.0416. The van der Waals surface area contributed by atoms with Crippen molar-refractivity contribution >= 4 is 23.6 Å². The second-order valence-corrected chi connectivity index (χ2v) is 8.24. The molecule has 28 heavy (non-hydrogen) atoms. The second-order valence-electron chi connectivity index (χ2n) is 7.05. The zero-order valence-electron chi connectivity index (χ0n) is 16.9. The number of nitrogens with one attached hydrogen (secondary N) is 1. The SMILES string of the molecule is CCCC[NH+](CCCC(=O)OCC)CC(=O)N1CCS[C@H]1c1ccc(F)cc1. The van der Waals surface area contributed by atoms with Crippen LogP contribution in [0.3, 0.4) is 0 Å². The van der Waals surface area contributed by atoms with Gasteiger partial charge in [0.1, 0.15) is 11.2 Å². The molecule has 156 valence electrons. The molecule has 1 N–H and O–H groups in total. The van der Waals surface area contributed by atoms with Crippen molar-refractivity contribution in [3.05, 3.63) is 35.6 Å². The highest BCUT2D eigenvalue weighted by atomic mass is 32.2. The van der Waals surface area contributed by atoms with Crippen molar-refractivity contribution in [2.75, 3.05) is 38.5 Å². The van der Waals surface area contributed by atoms with Crippen molar-refractivity contribution < 1.29 is 23.6 Å². The summed E-state index contributed by atoms with van der Waals surface area (Å²) >= 11 is 1.72.